The van der Waals surface area contributed by atoms with E-state index in [0.29, 0.717) is 39.0 Å². The molecule has 0 aromatic heterocycles. The molecule has 0 radical (unpaired) electrons. The van der Waals surface area contributed by atoms with Gasteiger partial charge in [0.05, 0.1) is 37.6 Å². The number of nitrogens with one attached hydrogen (secondary N) is 3. The zero-order chi connectivity index (χ0) is 23.3. The molecule has 0 spiro atoms. The summed E-state index contributed by atoms with van der Waals surface area (Å²) in [6.07, 6.45) is 1.47. The highest BCUT2D eigenvalue weighted by atomic mass is 32.1. The third kappa shape index (κ3) is 5.03. The van der Waals surface area contributed by atoms with E-state index in [9.17, 15) is 9.59 Å². The molecule has 0 fully saturated rings. The van der Waals surface area contributed by atoms with Gasteiger partial charge < -0.3 is 25.2 Å². The summed E-state index contributed by atoms with van der Waals surface area (Å²) in [4.78, 5) is 24.1. The molecule has 1 unspecified atom stereocenters. The number of carboxylic acid groups (broad SMARTS) is 1. The van der Waals surface area contributed by atoms with Crippen molar-refractivity contribution in [2.24, 2.45) is 5.10 Å². The van der Waals surface area contributed by atoms with Gasteiger partial charge in [-0.15, -0.1) is 0 Å². The number of thiocarbonyl (C=S) groups is 1. The van der Waals surface area contributed by atoms with Crippen molar-refractivity contribution < 1.29 is 24.2 Å². The first-order valence-electron chi connectivity index (χ1n) is 9.51. The van der Waals surface area contributed by atoms with Crippen molar-refractivity contribution in [3.05, 3.63) is 70.4 Å². The molecule has 1 amide bonds. The van der Waals surface area contributed by atoms with Crippen LogP contribution < -0.4 is 25.5 Å². The Morgan fingerprint density at radius 1 is 1.16 bits per heavy atom. The molecule has 4 N–H and O–H groups in total. The topological polar surface area (TPSA) is 121 Å². The van der Waals surface area contributed by atoms with E-state index in [2.05, 4.69) is 21.2 Å². The fourth-order valence-corrected chi connectivity index (χ4v) is 3.48. The number of methoxy groups -OCH3 is 2. The van der Waals surface area contributed by atoms with Gasteiger partial charge in [0, 0.05) is 17.3 Å². The molecule has 0 saturated heterocycles. The van der Waals surface area contributed by atoms with Gasteiger partial charge >= 0.3 is 5.97 Å². The smallest absolute Gasteiger partial charge is 0.335 e. The number of nitrogens with zero attached hydrogens (tertiary/aromatic N) is 1. The molecule has 3 rings (SSSR count). The summed E-state index contributed by atoms with van der Waals surface area (Å²) >= 11 is 5.23. The predicted molar refractivity (Wildman–Crippen MR) is 123 cm³/mol. The van der Waals surface area contributed by atoms with E-state index in [-0.39, 0.29) is 5.56 Å². The number of ether oxygens (including phenoxy) is 2. The van der Waals surface area contributed by atoms with Crippen LogP contribution in [0.1, 0.15) is 34.5 Å². The fraction of sp³-hybridized carbons (Fsp3) is 0.182. The summed E-state index contributed by atoms with van der Waals surface area (Å²) in [5.74, 6) is -0.296. The number of rotatable bonds is 7. The van der Waals surface area contributed by atoms with Crippen molar-refractivity contribution >= 4 is 35.4 Å². The van der Waals surface area contributed by atoms with Gasteiger partial charge in [0.15, 0.2) is 5.11 Å². The Bertz CT molecular complexity index is 1110. The molecule has 1 aliphatic rings. The van der Waals surface area contributed by atoms with Gasteiger partial charge in [-0.05, 0) is 49.0 Å². The maximum Gasteiger partial charge on any atom is 0.335 e. The molecule has 0 bridgehead atoms. The molecule has 0 aliphatic carbocycles. The predicted octanol–water partition coefficient (Wildman–Crippen LogP) is 2.35. The zero-order valence-electron chi connectivity index (χ0n) is 17.6. The maximum atomic E-state index is 13.0. The van der Waals surface area contributed by atoms with Gasteiger partial charge in [-0.1, -0.05) is 12.1 Å². The summed E-state index contributed by atoms with van der Waals surface area (Å²) in [7, 11) is 3.09. The normalized spacial score (nSPS) is 15.7. The quantitative estimate of drug-likeness (QED) is 0.286. The lowest BCUT2D eigenvalue weighted by atomic mass is 9.94. The largest absolute Gasteiger partial charge is 0.497 e. The summed E-state index contributed by atoms with van der Waals surface area (Å²) in [6, 6.07) is 10.9. The second-order valence-electron chi connectivity index (χ2n) is 6.80. The van der Waals surface area contributed by atoms with Gasteiger partial charge in [-0.2, -0.15) is 5.10 Å². The van der Waals surface area contributed by atoms with Crippen LogP contribution in [-0.4, -0.2) is 42.5 Å². The SMILES string of the molecule is COc1ccc(/C=N/NC(=O)C2=C(C)NC(=S)NC2c2ccc(C(=O)O)cc2)c(OC)c1. The van der Waals surface area contributed by atoms with Gasteiger partial charge in [0.1, 0.15) is 11.5 Å². The van der Waals surface area contributed by atoms with Crippen molar-refractivity contribution in [1.82, 2.24) is 16.1 Å². The number of benzene rings is 2. The third-order valence-electron chi connectivity index (χ3n) is 4.82. The number of carboxylic acids is 1. The Labute approximate surface area is 190 Å². The summed E-state index contributed by atoms with van der Waals surface area (Å²) in [6.45, 7) is 1.73. The van der Waals surface area contributed by atoms with Crippen LogP contribution in [0.5, 0.6) is 11.5 Å². The van der Waals surface area contributed by atoms with E-state index in [4.69, 9.17) is 26.8 Å². The van der Waals surface area contributed by atoms with Gasteiger partial charge in [-0.3, -0.25) is 4.79 Å². The van der Waals surface area contributed by atoms with E-state index in [1.54, 1.807) is 44.4 Å². The Morgan fingerprint density at radius 2 is 1.88 bits per heavy atom. The second-order valence-corrected chi connectivity index (χ2v) is 7.21. The van der Waals surface area contributed by atoms with E-state index in [1.165, 1.54) is 25.5 Å². The Balaban J connectivity index is 1.83. The van der Waals surface area contributed by atoms with E-state index >= 15 is 0 Å². The van der Waals surface area contributed by atoms with Crippen LogP contribution in [0.4, 0.5) is 0 Å². The van der Waals surface area contributed by atoms with E-state index in [1.807, 2.05) is 0 Å². The van der Waals surface area contributed by atoms with Crippen LogP contribution in [0, 0.1) is 0 Å². The highest BCUT2D eigenvalue weighted by Gasteiger charge is 2.29. The zero-order valence-corrected chi connectivity index (χ0v) is 18.4. The first kappa shape index (κ1) is 22.8. The van der Waals surface area contributed by atoms with Gasteiger partial charge in [0.2, 0.25) is 0 Å². The van der Waals surface area contributed by atoms with Crippen molar-refractivity contribution in [2.45, 2.75) is 13.0 Å². The maximum absolute atomic E-state index is 13.0. The lowest BCUT2D eigenvalue weighted by Gasteiger charge is -2.30. The average Bonchev–Trinajstić information content (AvgIpc) is 2.78. The van der Waals surface area contributed by atoms with Crippen LogP contribution in [0.15, 0.2) is 58.8 Å². The highest BCUT2D eigenvalue weighted by molar-refractivity contribution is 7.80. The van der Waals surface area contributed by atoms with E-state index in [0.717, 1.165) is 0 Å². The molecule has 166 valence electrons. The number of hydrazone groups is 1. The number of carbonyl (C=O) groups is 2. The number of hydrogen-bond donors (Lipinski definition) is 4. The fourth-order valence-electron chi connectivity index (χ4n) is 3.21. The molecule has 10 heteroatoms. The average molecular weight is 455 g/mol. The molecule has 1 aliphatic heterocycles. The molecule has 2 aromatic rings. The first-order valence-corrected chi connectivity index (χ1v) is 9.91. The van der Waals surface area contributed by atoms with Gasteiger partial charge in [-0.25, -0.2) is 10.2 Å². The number of allylic oxidation sites excluding steroid dienone is 1. The summed E-state index contributed by atoms with van der Waals surface area (Å²) in [5.41, 5.74) is 4.95. The molecule has 1 heterocycles. The molecule has 1 atom stereocenters. The molecule has 32 heavy (non-hydrogen) atoms. The molecule has 9 nitrogen and oxygen atoms in total. The minimum atomic E-state index is -1.03. The van der Waals surface area contributed by atoms with E-state index < -0.39 is 17.9 Å². The number of carbonyl (C=O) groups excluding carboxylic acids is 1. The first-order chi connectivity index (χ1) is 15.3. The Hall–Kier alpha value is -3.92. The number of aromatic carboxylic acids is 1. The van der Waals surface area contributed by atoms with Crippen LogP contribution in [0.3, 0.4) is 0 Å². The highest BCUT2D eigenvalue weighted by Crippen LogP contribution is 2.27. The van der Waals surface area contributed by atoms with Crippen molar-refractivity contribution in [1.29, 1.82) is 0 Å². The van der Waals surface area contributed by atoms with Crippen LogP contribution in [0.2, 0.25) is 0 Å². The standard InChI is InChI=1S/C22H22N4O5S/c1-12-18(19(25-22(32)24-12)13-4-6-14(7-5-13)21(28)29)20(27)26-23-11-15-8-9-16(30-2)10-17(15)31-3/h4-11,19H,1-3H3,(H,26,27)(H,28,29)(H2,24,25,32)/b23-11+. The third-order valence-corrected chi connectivity index (χ3v) is 5.04. The molecular weight excluding hydrogens is 432 g/mol. The Kier molecular flexibility index (Phi) is 7.06. The number of hydrogen-bond acceptors (Lipinski definition) is 6. The van der Waals surface area contributed by atoms with Crippen LogP contribution >= 0.6 is 12.2 Å². The van der Waals surface area contributed by atoms with Crippen molar-refractivity contribution in [2.75, 3.05) is 14.2 Å². The van der Waals surface area contributed by atoms with Gasteiger partial charge in [0.25, 0.3) is 5.91 Å². The lowest BCUT2D eigenvalue weighted by Crippen LogP contribution is -2.46. The van der Waals surface area contributed by atoms with Crippen LogP contribution in [0.25, 0.3) is 0 Å². The summed E-state index contributed by atoms with van der Waals surface area (Å²) in [5, 5.41) is 19.5. The van der Waals surface area contributed by atoms with Crippen LogP contribution in [-0.2, 0) is 4.79 Å². The Morgan fingerprint density at radius 3 is 2.50 bits per heavy atom. The minimum Gasteiger partial charge on any atom is -0.497 e. The molecule has 2 aromatic carbocycles. The lowest BCUT2D eigenvalue weighted by molar-refractivity contribution is -0.117. The second kappa shape index (κ2) is 9.92. The van der Waals surface area contributed by atoms with Crippen molar-refractivity contribution in [3.63, 3.8) is 0 Å². The van der Waals surface area contributed by atoms with Crippen molar-refractivity contribution in [3.8, 4) is 11.5 Å². The molecular formula is C22H22N4O5S. The molecule has 0 saturated carbocycles. The monoisotopic (exact) mass is 454 g/mol. The summed E-state index contributed by atoms with van der Waals surface area (Å²) < 4.78 is 10.5. The minimum absolute atomic E-state index is 0.148. The number of amides is 1.